The zero-order valence-electron chi connectivity index (χ0n) is 6.80. The Hall–Kier alpha value is -0.700. The van der Waals surface area contributed by atoms with E-state index in [1.54, 1.807) is 12.1 Å². The molecule has 0 amide bonds. The van der Waals surface area contributed by atoms with Crippen molar-refractivity contribution in [2.75, 3.05) is 0 Å². The Balaban J connectivity index is 2.64. The average molecular weight is 248 g/mol. The van der Waals surface area contributed by atoms with Crippen LogP contribution in [-0.2, 0) is 0 Å². The van der Waals surface area contributed by atoms with E-state index in [-0.39, 0.29) is 0 Å². The summed E-state index contributed by atoms with van der Waals surface area (Å²) in [5.41, 5.74) is 0.592. The lowest BCUT2D eigenvalue weighted by atomic mass is 10.2. The molecule has 0 aliphatic heterocycles. The van der Waals surface area contributed by atoms with E-state index in [1.165, 1.54) is 12.5 Å². The molecule has 2 nitrogen and oxygen atoms in total. The second kappa shape index (κ2) is 3.81. The number of hydrogen-bond acceptors (Lipinski definition) is 2. The van der Waals surface area contributed by atoms with Gasteiger partial charge in [-0.15, -0.1) is 0 Å². The van der Waals surface area contributed by atoms with Crippen molar-refractivity contribution in [3.63, 3.8) is 0 Å². The molecule has 0 unspecified atom stereocenters. The summed E-state index contributed by atoms with van der Waals surface area (Å²) < 4.78 is 5.10. The van der Waals surface area contributed by atoms with E-state index < -0.39 is 0 Å². The third-order valence-corrected chi connectivity index (χ3v) is 2.68. The first-order valence-electron chi connectivity index (χ1n) is 3.73. The van der Waals surface area contributed by atoms with Crippen LogP contribution in [0.4, 0.5) is 0 Å². The van der Waals surface area contributed by atoms with E-state index >= 15 is 0 Å². The largest absolute Gasteiger partial charge is 0.444 e. The standard InChI is InChI=1S/C9H4Cl3NO/c10-5-3-6(8(12)7(11)4-5)9-13-1-2-14-9/h1-4H. The molecule has 0 atom stereocenters. The third kappa shape index (κ3) is 1.73. The minimum atomic E-state index is 0.382. The first-order valence-corrected chi connectivity index (χ1v) is 4.86. The van der Waals surface area contributed by atoms with Crippen LogP contribution in [0.15, 0.2) is 29.0 Å². The zero-order chi connectivity index (χ0) is 10.1. The highest BCUT2D eigenvalue weighted by molar-refractivity contribution is 6.44. The molecule has 0 radical (unpaired) electrons. The summed E-state index contributed by atoms with van der Waals surface area (Å²) in [5, 5.41) is 1.26. The maximum absolute atomic E-state index is 5.97. The van der Waals surface area contributed by atoms with Gasteiger partial charge in [0.15, 0.2) is 0 Å². The topological polar surface area (TPSA) is 26.0 Å². The highest BCUT2D eigenvalue weighted by Gasteiger charge is 2.12. The highest BCUT2D eigenvalue weighted by atomic mass is 35.5. The van der Waals surface area contributed by atoms with Gasteiger partial charge < -0.3 is 4.42 Å². The van der Waals surface area contributed by atoms with Gasteiger partial charge in [-0.2, -0.15) is 0 Å². The van der Waals surface area contributed by atoms with Crippen molar-refractivity contribution in [3.8, 4) is 11.5 Å². The minimum absolute atomic E-state index is 0.382. The number of benzene rings is 1. The summed E-state index contributed by atoms with van der Waals surface area (Å²) in [6, 6.07) is 3.22. The predicted octanol–water partition coefficient (Wildman–Crippen LogP) is 4.30. The Bertz CT molecular complexity index is 453. The summed E-state index contributed by atoms with van der Waals surface area (Å²) in [6.07, 6.45) is 2.99. The van der Waals surface area contributed by atoms with Crippen LogP contribution < -0.4 is 0 Å². The summed E-state index contributed by atoms with van der Waals surface area (Å²) in [7, 11) is 0. The summed E-state index contributed by atoms with van der Waals surface area (Å²) in [4.78, 5) is 3.96. The molecule has 1 aromatic carbocycles. The van der Waals surface area contributed by atoms with Crippen molar-refractivity contribution in [3.05, 3.63) is 39.7 Å². The fourth-order valence-electron chi connectivity index (χ4n) is 1.07. The van der Waals surface area contributed by atoms with E-state index in [9.17, 15) is 0 Å². The maximum atomic E-state index is 5.97. The van der Waals surface area contributed by atoms with Crippen molar-refractivity contribution >= 4 is 34.8 Å². The van der Waals surface area contributed by atoms with Gasteiger partial charge in [-0.05, 0) is 12.1 Å². The molecule has 2 rings (SSSR count). The molecule has 0 aliphatic carbocycles. The lowest BCUT2D eigenvalue weighted by Crippen LogP contribution is -1.81. The van der Waals surface area contributed by atoms with Crippen LogP contribution in [0, 0.1) is 0 Å². The van der Waals surface area contributed by atoms with E-state index in [0.717, 1.165) is 0 Å². The molecule has 0 saturated carbocycles. The van der Waals surface area contributed by atoms with Crippen LogP contribution in [-0.4, -0.2) is 4.98 Å². The normalized spacial score (nSPS) is 10.5. The Labute approximate surface area is 95.4 Å². The lowest BCUT2D eigenvalue weighted by molar-refractivity contribution is 0.574. The van der Waals surface area contributed by atoms with Crippen molar-refractivity contribution in [1.82, 2.24) is 4.98 Å². The summed E-state index contributed by atoms with van der Waals surface area (Å²) in [5.74, 6) is 0.402. The molecule has 0 N–H and O–H groups in total. The second-order valence-electron chi connectivity index (χ2n) is 2.59. The van der Waals surface area contributed by atoms with Crippen molar-refractivity contribution in [2.24, 2.45) is 0 Å². The van der Waals surface area contributed by atoms with Crippen LogP contribution in [0.25, 0.3) is 11.5 Å². The molecule has 1 heterocycles. The maximum Gasteiger partial charge on any atom is 0.227 e. The van der Waals surface area contributed by atoms with Gasteiger partial charge in [0.25, 0.3) is 0 Å². The van der Waals surface area contributed by atoms with Gasteiger partial charge in [-0.1, -0.05) is 34.8 Å². The first kappa shape index (κ1) is 9.84. The van der Waals surface area contributed by atoms with Crippen LogP contribution in [0.3, 0.4) is 0 Å². The number of nitrogens with zero attached hydrogens (tertiary/aromatic N) is 1. The molecule has 0 aliphatic rings. The van der Waals surface area contributed by atoms with Crippen molar-refractivity contribution in [2.45, 2.75) is 0 Å². The Morgan fingerprint density at radius 1 is 1.14 bits per heavy atom. The first-order chi connectivity index (χ1) is 6.68. The smallest absolute Gasteiger partial charge is 0.227 e. The van der Waals surface area contributed by atoms with Crippen LogP contribution >= 0.6 is 34.8 Å². The molecule has 0 bridgehead atoms. The van der Waals surface area contributed by atoms with Gasteiger partial charge in [-0.25, -0.2) is 4.98 Å². The molecule has 0 fully saturated rings. The van der Waals surface area contributed by atoms with E-state index in [4.69, 9.17) is 39.2 Å². The van der Waals surface area contributed by atoms with E-state index in [0.29, 0.717) is 26.5 Å². The number of hydrogen-bond donors (Lipinski definition) is 0. The van der Waals surface area contributed by atoms with Gasteiger partial charge in [-0.3, -0.25) is 0 Å². The van der Waals surface area contributed by atoms with Crippen LogP contribution in [0.1, 0.15) is 0 Å². The fraction of sp³-hybridized carbons (Fsp3) is 0. The SMILES string of the molecule is Clc1cc(Cl)c(Cl)c(-c2ncco2)c1. The van der Waals surface area contributed by atoms with Crippen LogP contribution in [0.5, 0.6) is 0 Å². The Morgan fingerprint density at radius 3 is 2.57 bits per heavy atom. The number of oxazole rings is 1. The summed E-state index contributed by atoms with van der Waals surface area (Å²) in [6.45, 7) is 0. The van der Waals surface area contributed by atoms with Crippen LogP contribution in [0.2, 0.25) is 15.1 Å². The number of rotatable bonds is 1. The number of aromatic nitrogens is 1. The number of halogens is 3. The second-order valence-corrected chi connectivity index (χ2v) is 3.81. The molecule has 14 heavy (non-hydrogen) atoms. The Morgan fingerprint density at radius 2 is 1.93 bits per heavy atom. The Kier molecular flexibility index (Phi) is 2.68. The van der Waals surface area contributed by atoms with E-state index in [1.807, 2.05) is 0 Å². The minimum Gasteiger partial charge on any atom is -0.444 e. The monoisotopic (exact) mass is 247 g/mol. The molecule has 2 aromatic rings. The summed E-state index contributed by atoms with van der Waals surface area (Å²) >= 11 is 17.6. The third-order valence-electron chi connectivity index (χ3n) is 1.66. The molecular weight excluding hydrogens is 244 g/mol. The van der Waals surface area contributed by atoms with Crippen molar-refractivity contribution in [1.29, 1.82) is 0 Å². The van der Waals surface area contributed by atoms with Crippen molar-refractivity contribution < 1.29 is 4.42 Å². The van der Waals surface area contributed by atoms with Gasteiger partial charge >= 0.3 is 0 Å². The zero-order valence-corrected chi connectivity index (χ0v) is 9.07. The van der Waals surface area contributed by atoms with Gasteiger partial charge in [0.05, 0.1) is 21.8 Å². The lowest BCUT2D eigenvalue weighted by Gasteiger charge is -2.02. The molecular formula is C9H4Cl3NO. The average Bonchev–Trinajstić information content (AvgIpc) is 2.63. The molecule has 1 aromatic heterocycles. The molecule has 5 heteroatoms. The fourth-order valence-corrected chi connectivity index (χ4v) is 1.75. The van der Waals surface area contributed by atoms with Gasteiger partial charge in [0.1, 0.15) is 6.26 Å². The van der Waals surface area contributed by atoms with Gasteiger partial charge in [0, 0.05) is 5.02 Å². The van der Waals surface area contributed by atoms with Gasteiger partial charge in [0.2, 0.25) is 5.89 Å². The highest BCUT2D eigenvalue weighted by Crippen LogP contribution is 2.35. The molecule has 0 spiro atoms. The molecule has 72 valence electrons. The van der Waals surface area contributed by atoms with E-state index in [2.05, 4.69) is 4.98 Å². The predicted molar refractivity (Wildman–Crippen MR) is 57.0 cm³/mol. The quantitative estimate of drug-likeness (QED) is 0.703. The molecule has 0 saturated heterocycles.